The number of nitrogens with one attached hydrogen (secondary N) is 1. The quantitative estimate of drug-likeness (QED) is 0.734. The third kappa shape index (κ3) is 6.09. The van der Waals surface area contributed by atoms with Gasteiger partial charge in [-0.05, 0) is 75.2 Å². The first-order valence-electron chi connectivity index (χ1n) is 7.79. The van der Waals surface area contributed by atoms with Crippen LogP contribution in [0, 0.1) is 0 Å². The second-order valence-electron chi connectivity index (χ2n) is 6.60. The van der Waals surface area contributed by atoms with E-state index < -0.39 is 0 Å². The molecule has 2 nitrogen and oxygen atoms in total. The van der Waals surface area contributed by atoms with Crippen LogP contribution < -0.4 is 10.1 Å². The van der Waals surface area contributed by atoms with Gasteiger partial charge in [0.1, 0.15) is 11.5 Å². The van der Waals surface area contributed by atoms with E-state index in [1.807, 2.05) is 36.4 Å². The Labute approximate surface area is 144 Å². The van der Waals surface area contributed by atoms with Gasteiger partial charge in [-0.25, -0.2) is 0 Å². The number of hydrogen-bond acceptors (Lipinski definition) is 2. The molecule has 0 spiro atoms. The number of benzene rings is 2. The summed E-state index contributed by atoms with van der Waals surface area (Å²) in [6, 6.07) is 15.5. The second-order valence-corrected chi connectivity index (χ2v) is 7.03. The van der Waals surface area contributed by atoms with Crippen LogP contribution in [0.1, 0.15) is 33.3 Å². The van der Waals surface area contributed by atoms with Crippen molar-refractivity contribution in [1.82, 2.24) is 5.32 Å². The Hall–Kier alpha value is -1.77. The molecule has 0 aliphatic heterocycles. The van der Waals surface area contributed by atoms with E-state index in [1.165, 1.54) is 11.1 Å². The Morgan fingerprint density at radius 2 is 1.52 bits per heavy atom. The molecular formula is C20H24ClNO. The van der Waals surface area contributed by atoms with Crippen molar-refractivity contribution in [2.24, 2.45) is 0 Å². The largest absolute Gasteiger partial charge is 0.457 e. The molecule has 0 fully saturated rings. The first-order chi connectivity index (χ1) is 10.8. The molecule has 2 aromatic carbocycles. The van der Waals surface area contributed by atoms with Crippen LogP contribution in [0.3, 0.4) is 0 Å². The highest BCUT2D eigenvalue weighted by Crippen LogP contribution is 2.24. The number of halogens is 1. The van der Waals surface area contributed by atoms with Crippen LogP contribution in [-0.2, 0) is 0 Å². The molecular weight excluding hydrogens is 306 g/mol. The molecule has 0 aromatic heterocycles. The highest BCUT2D eigenvalue weighted by Gasteiger charge is 2.06. The van der Waals surface area contributed by atoms with Crippen molar-refractivity contribution < 1.29 is 4.74 Å². The summed E-state index contributed by atoms with van der Waals surface area (Å²) in [4.78, 5) is 0. The Balaban J connectivity index is 1.98. The number of allylic oxidation sites excluding steroid dienone is 1. The summed E-state index contributed by atoms with van der Waals surface area (Å²) in [7, 11) is 0. The van der Waals surface area contributed by atoms with Gasteiger partial charge in [-0.15, -0.1) is 0 Å². The fourth-order valence-corrected chi connectivity index (χ4v) is 2.18. The molecule has 3 heteroatoms. The average molecular weight is 330 g/mol. The fraction of sp³-hybridized carbons (Fsp3) is 0.300. The summed E-state index contributed by atoms with van der Waals surface area (Å²) in [5.74, 6) is 1.60. The molecule has 0 radical (unpaired) electrons. The first kappa shape index (κ1) is 17.6. The van der Waals surface area contributed by atoms with Gasteiger partial charge in [0.05, 0.1) is 0 Å². The van der Waals surface area contributed by atoms with E-state index in [9.17, 15) is 0 Å². The maximum Gasteiger partial charge on any atom is 0.127 e. The fourth-order valence-electron chi connectivity index (χ4n) is 2.05. The highest BCUT2D eigenvalue weighted by atomic mass is 35.5. The van der Waals surface area contributed by atoms with E-state index >= 15 is 0 Å². The van der Waals surface area contributed by atoms with Gasteiger partial charge in [-0.3, -0.25) is 0 Å². The molecule has 0 saturated heterocycles. The third-order valence-electron chi connectivity index (χ3n) is 3.40. The molecule has 0 aliphatic carbocycles. The van der Waals surface area contributed by atoms with Crippen molar-refractivity contribution in [1.29, 1.82) is 0 Å². The Morgan fingerprint density at radius 3 is 2.04 bits per heavy atom. The van der Waals surface area contributed by atoms with Gasteiger partial charge in [0, 0.05) is 17.1 Å². The zero-order valence-electron chi connectivity index (χ0n) is 14.2. The van der Waals surface area contributed by atoms with Crippen LogP contribution >= 0.6 is 11.6 Å². The predicted octanol–water partition coefficient (Wildman–Crippen LogP) is 5.92. The zero-order valence-corrected chi connectivity index (χ0v) is 14.9. The van der Waals surface area contributed by atoms with Gasteiger partial charge in [-0.1, -0.05) is 29.8 Å². The van der Waals surface area contributed by atoms with E-state index in [-0.39, 0.29) is 5.54 Å². The standard InChI is InChI=1S/C20H24ClNO/c1-15(13-14-22-20(2,3)4)16-5-9-18(10-6-16)23-19-11-7-17(21)8-12-19/h5-13,22H,14H2,1-4H3. The zero-order chi connectivity index (χ0) is 16.9. The minimum absolute atomic E-state index is 0.132. The summed E-state index contributed by atoms with van der Waals surface area (Å²) >= 11 is 5.87. The van der Waals surface area contributed by atoms with Crippen molar-refractivity contribution in [2.45, 2.75) is 33.2 Å². The lowest BCUT2D eigenvalue weighted by molar-refractivity contribution is 0.449. The lowest BCUT2D eigenvalue weighted by atomic mass is 10.1. The summed E-state index contributed by atoms with van der Waals surface area (Å²) in [6.07, 6.45) is 2.21. The molecule has 0 heterocycles. The molecule has 0 amide bonds. The summed E-state index contributed by atoms with van der Waals surface area (Å²) in [6.45, 7) is 9.48. The molecule has 0 aliphatic rings. The van der Waals surface area contributed by atoms with E-state index in [1.54, 1.807) is 0 Å². The lowest BCUT2D eigenvalue weighted by Gasteiger charge is -2.19. The Morgan fingerprint density at radius 1 is 1.00 bits per heavy atom. The van der Waals surface area contributed by atoms with E-state index in [4.69, 9.17) is 16.3 Å². The normalized spacial score (nSPS) is 12.3. The number of ether oxygens (including phenoxy) is 1. The molecule has 0 unspecified atom stereocenters. The maximum absolute atomic E-state index is 5.87. The van der Waals surface area contributed by atoms with Crippen LogP contribution in [0.2, 0.25) is 5.02 Å². The predicted molar refractivity (Wildman–Crippen MR) is 99.4 cm³/mol. The van der Waals surface area contributed by atoms with Crippen molar-refractivity contribution in [3.8, 4) is 11.5 Å². The molecule has 23 heavy (non-hydrogen) atoms. The molecule has 2 rings (SSSR count). The second kappa shape index (κ2) is 7.67. The average Bonchev–Trinajstić information content (AvgIpc) is 2.49. The van der Waals surface area contributed by atoms with E-state index in [2.05, 4.69) is 51.2 Å². The van der Waals surface area contributed by atoms with Crippen molar-refractivity contribution in [3.63, 3.8) is 0 Å². The van der Waals surface area contributed by atoms with Crippen LogP contribution in [0.15, 0.2) is 54.6 Å². The van der Waals surface area contributed by atoms with Crippen LogP contribution in [0.4, 0.5) is 0 Å². The minimum Gasteiger partial charge on any atom is -0.457 e. The van der Waals surface area contributed by atoms with Gasteiger partial charge < -0.3 is 10.1 Å². The first-order valence-corrected chi connectivity index (χ1v) is 8.17. The smallest absolute Gasteiger partial charge is 0.127 e. The van der Waals surface area contributed by atoms with Crippen LogP contribution in [-0.4, -0.2) is 12.1 Å². The van der Waals surface area contributed by atoms with Gasteiger partial charge in [0.2, 0.25) is 0 Å². The Kier molecular flexibility index (Phi) is 5.86. The highest BCUT2D eigenvalue weighted by molar-refractivity contribution is 6.30. The third-order valence-corrected chi connectivity index (χ3v) is 3.65. The molecule has 122 valence electrons. The van der Waals surface area contributed by atoms with Gasteiger partial charge in [0.25, 0.3) is 0 Å². The number of hydrogen-bond donors (Lipinski definition) is 1. The topological polar surface area (TPSA) is 21.3 Å². The van der Waals surface area contributed by atoms with Crippen molar-refractivity contribution >= 4 is 17.2 Å². The van der Waals surface area contributed by atoms with Gasteiger partial charge in [0.15, 0.2) is 0 Å². The van der Waals surface area contributed by atoms with Gasteiger partial charge in [-0.2, -0.15) is 0 Å². The van der Waals surface area contributed by atoms with Gasteiger partial charge >= 0.3 is 0 Å². The lowest BCUT2D eigenvalue weighted by Crippen LogP contribution is -2.35. The van der Waals surface area contributed by atoms with Crippen molar-refractivity contribution in [2.75, 3.05) is 6.54 Å². The van der Waals surface area contributed by atoms with Crippen LogP contribution in [0.25, 0.3) is 5.57 Å². The van der Waals surface area contributed by atoms with E-state index in [0.717, 1.165) is 18.0 Å². The monoisotopic (exact) mass is 329 g/mol. The molecule has 0 bridgehead atoms. The number of rotatable bonds is 5. The minimum atomic E-state index is 0.132. The summed E-state index contributed by atoms with van der Waals surface area (Å²) < 4.78 is 5.80. The van der Waals surface area contributed by atoms with E-state index in [0.29, 0.717) is 5.02 Å². The molecule has 2 aromatic rings. The summed E-state index contributed by atoms with van der Waals surface area (Å²) in [5.41, 5.74) is 2.58. The maximum atomic E-state index is 5.87. The molecule has 0 saturated carbocycles. The SMILES string of the molecule is CC(=CCNC(C)(C)C)c1ccc(Oc2ccc(Cl)cc2)cc1. The van der Waals surface area contributed by atoms with Crippen molar-refractivity contribution in [3.05, 3.63) is 65.2 Å². The van der Waals surface area contributed by atoms with Crippen LogP contribution in [0.5, 0.6) is 11.5 Å². The molecule has 0 atom stereocenters. The summed E-state index contributed by atoms with van der Waals surface area (Å²) in [5, 5.41) is 4.17. The Bertz CT molecular complexity index is 652. The molecule has 1 N–H and O–H groups in total.